The van der Waals surface area contributed by atoms with Crippen LogP contribution in [-0.4, -0.2) is 22.8 Å². The van der Waals surface area contributed by atoms with Gasteiger partial charge in [0.1, 0.15) is 5.69 Å². The van der Waals surface area contributed by atoms with Crippen molar-refractivity contribution >= 4 is 28.4 Å². The molecule has 0 saturated carbocycles. The number of hydrogen-bond acceptors (Lipinski definition) is 4. The average molecular weight is 413 g/mol. The van der Waals surface area contributed by atoms with E-state index in [4.69, 9.17) is 4.42 Å². The molecule has 2 heterocycles. The number of pyridine rings is 1. The molecule has 0 fully saturated rings. The van der Waals surface area contributed by atoms with Gasteiger partial charge < -0.3 is 15.1 Å². The Morgan fingerprint density at radius 3 is 2.48 bits per heavy atom. The Morgan fingerprint density at radius 1 is 0.935 bits per heavy atom. The Kier molecular flexibility index (Phi) is 5.54. The number of carbonyl (C=O) groups is 2. The minimum Gasteiger partial charge on any atom is -0.463 e. The zero-order valence-corrected chi connectivity index (χ0v) is 17.6. The number of fused-ring (bicyclic) bond motifs is 1. The number of aromatic nitrogens is 1. The topological polar surface area (TPSA) is 84.2 Å². The number of hydrogen-bond donors (Lipinski definition) is 2. The highest BCUT2D eigenvalue weighted by Crippen LogP contribution is 2.26. The molecular formula is C25H23N3O3. The molecule has 0 aliphatic carbocycles. The van der Waals surface area contributed by atoms with Gasteiger partial charge in [0.15, 0.2) is 5.76 Å². The number of anilines is 1. The van der Waals surface area contributed by atoms with Gasteiger partial charge in [-0.25, -0.2) is 4.98 Å². The maximum atomic E-state index is 13.2. The third-order valence-corrected chi connectivity index (χ3v) is 4.89. The maximum absolute atomic E-state index is 13.2. The SMILES string of the molecule is Cc1ccc(NC(=O)c2cc(-c3ccco3)nc3ccccc23)cc1C(=O)NC(C)C. The number of aryl methyl sites for hydroxylation is 1. The number of amides is 2. The first-order valence-electron chi connectivity index (χ1n) is 10.1. The first kappa shape index (κ1) is 20.3. The van der Waals surface area contributed by atoms with Crippen LogP contribution in [0.15, 0.2) is 71.3 Å². The van der Waals surface area contributed by atoms with Crippen LogP contribution in [0.25, 0.3) is 22.4 Å². The fourth-order valence-electron chi connectivity index (χ4n) is 3.40. The highest BCUT2D eigenvalue weighted by atomic mass is 16.3. The molecule has 0 unspecified atom stereocenters. The summed E-state index contributed by atoms with van der Waals surface area (Å²) in [6.45, 7) is 5.68. The summed E-state index contributed by atoms with van der Waals surface area (Å²) in [5.74, 6) is 0.131. The molecule has 0 radical (unpaired) electrons. The standard InChI is InChI=1S/C25H23N3O3/c1-15(2)26-24(29)19-13-17(11-10-16(19)3)27-25(30)20-14-22(23-9-6-12-31-23)28-21-8-5-4-7-18(20)21/h4-15H,1-3H3,(H,26,29)(H,27,30). The lowest BCUT2D eigenvalue weighted by Crippen LogP contribution is -2.30. The summed E-state index contributed by atoms with van der Waals surface area (Å²) in [6.07, 6.45) is 1.57. The minimum absolute atomic E-state index is 0.0216. The summed E-state index contributed by atoms with van der Waals surface area (Å²) < 4.78 is 5.47. The van der Waals surface area contributed by atoms with Crippen LogP contribution in [0.3, 0.4) is 0 Å². The van der Waals surface area contributed by atoms with Crippen LogP contribution in [0, 0.1) is 6.92 Å². The van der Waals surface area contributed by atoms with Gasteiger partial charge in [-0.1, -0.05) is 24.3 Å². The van der Waals surface area contributed by atoms with Crippen LogP contribution in [-0.2, 0) is 0 Å². The first-order chi connectivity index (χ1) is 14.9. The van der Waals surface area contributed by atoms with E-state index in [2.05, 4.69) is 15.6 Å². The molecule has 0 bridgehead atoms. The molecule has 0 atom stereocenters. The zero-order valence-electron chi connectivity index (χ0n) is 17.6. The van der Waals surface area contributed by atoms with Crippen LogP contribution in [0.4, 0.5) is 5.69 Å². The van der Waals surface area contributed by atoms with Crippen LogP contribution in [0.1, 0.15) is 40.1 Å². The predicted octanol–water partition coefficient (Wildman–Crippen LogP) is 5.19. The van der Waals surface area contributed by atoms with E-state index in [1.165, 1.54) is 0 Å². The number of nitrogens with one attached hydrogen (secondary N) is 2. The highest BCUT2D eigenvalue weighted by Gasteiger charge is 2.17. The van der Waals surface area contributed by atoms with Crippen molar-refractivity contribution in [2.75, 3.05) is 5.32 Å². The molecule has 4 rings (SSSR count). The molecule has 6 nitrogen and oxygen atoms in total. The van der Waals surface area contributed by atoms with Gasteiger partial charge in [0.2, 0.25) is 0 Å². The zero-order chi connectivity index (χ0) is 22.0. The van der Waals surface area contributed by atoms with E-state index in [-0.39, 0.29) is 17.9 Å². The van der Waals surface area contributed by atoms with Crippen LogP contribution >= 0.6 is 0 Å². The van der Waals surface area contributed by atoms with Gasteiger partial charge in [-0.15, -0.1) is 0 Å². The van der Waals surface area contributed by atoms with E-state index in [0.717, 1.165) is 10.9 Å². The van der Waals surface area contributed by atoms with E-state index >= 15 is 0 Å². The number of para-hydroxylation sites is 1. The summed E-state index contributed by atoms with van der Waals surface area (Å²) in [4.78, 5) is 30.3. The van der Waals surface area contributed by atoms with Crippen LogP contribution in [0.2, 0.25) is 0 Å². The van der Waals surface area contributed by atoms with E-state index in [0.29, 0.717) is 33.8 Å². The Morgan fingerprint density at radius 2 is 1.74 bits per heavy atom. The van der Waals surface area contributed by atoms with Gasteiger partial charge in [-0.05, 0) is 62.7 Å². The molecule has 0 saturated heterocycles. The summed E-state index contributed by atoms with van der Waals surface area (Å²) in [7, 11) is 0. The van der Waals surface area contributed by atoms with Crippen molar-refractivity contribution in [3.63, 3.8) is 0 Å². The summed E-state index contributed by atoms with van der Waals surface area (Å²) >= 11 is 0. The van der Waals surface area contributed by atoms with Crippen molar-refractivity contribution in [2.24, 2.45) is 0 Å². The quantitative estimate of drug-likeness (QED) is 0.471. The molecule has 31 heavy (non-hydrogen) atoms. The first-order valence-corrected chi connectivity index (χ1v) is 10.1. The molecule has 2 aromatic heterocycles. The highest BCUT2D eigenvalue weighted by molar-refractivity contribution is 6.13. The predicted molar refractivity (Wildman–Crippen MR) is 121 cm³/mol. The van der Waals surface area contributed by atoms with Gasteiger partial charge in [0.05, 0.1) is 17.3 Å². The van der Waals surface area contributed by atoms with Crippen molar-refractivity contribution in [1.29, 1.82) is 0 Å². The third kappa shape index (κ3) is 4.33. The fourth-order valence-corrected chi connectivity index (χ4v) is 3.40. The number of benzene rings is 2. The lowest BCUT2D eigenvalue weighted by atomic mass is 10.0. The van der Waals surface area contributed by atoms with Gasteiger partial charge >= 0.3 is 0 Å². The smallest absolute Gasteiger partial charge is 0.256 e. The molecule has 0 aliphatic heterocycles. The van der Waals surface area contributed by atoms with Crippen molar-refractivity contribution in [2.45, 2.75) is 26.8 Å². The maximum Gasteiger partial charge on any atom is 0.256 e. The Balaban J connectivity index is 1.70. The Labute approximate surface area is 180 Å². The molecule has 0 spiro atoms. The molecule has 4 aromatic rings. The van der Waals surface area contributed by atoms with Gasteiger partial charge in [-0.2, -0.15) is 0 Å². The second-order valence-corrected chi connectivity index (χ2v) is 7.66. The van der Waals surface area contributed by atoms with Crippen molar-refractivity contribution in [3.8, 4) is 11.5 Å². The lowest BCUT2D eigenvalue weighted by molar-refractivity contribution is 0.0941. The van der Waals surface area contributed by atoms with E-state index in [1.807, 2.05) is 51.1 Å². The molecule has 2 amide bonds. The van der Waals surface area contributed by atoms with Crippen molar-refractivity contribution in [3.05, 3.63) is 83.6 Å². The van der Waals surface area contributed by atoms with Crippen molar-refractivity contribution in [1.82, 2.24) is 10.3 Å². The summed E-state index contributed by atoms with van der Waals surface area (Å²) in [6, 6.07) is 18.1. The van der Waals surface area contributed by atoms with E-state index in [1.54, 1.807) is 36.6 Å². The largest absolute Gasteiger partial charge is 0.463 e. The molecule has 156 valence electrons. The van der Waals surface area contributed by atoms with Crippen LogP contribution in [0.5, 0.6) is 0 Å². The molecule has 2 N–H and O–H groups in total. The van der Waals surface area contributed by atoms with E-state index in [9.17, 15) is 9.59 Å². The Bertz CT molecular complexity index is 1260. The van der Waals surface area contributed by atoms with Crippen LogP contribution < -0.4 is 10.6 Å². The average Bonchev–Trinajstić information content (AvgIpc) is 3.28. The number of carbonyl (C=O) groups excluding carboxylic acids is 2. The Hall–Kier alpha value is -3.93. The fraction of sp³-hybridized carbons (Fsp3) is 0.160. The molecule has 0 aliphatic rings. The molecule has 2 aromatic carbocycles. The van der Waals surface area contributed by atoms with Gasteiger partial charge in [0.25, 0.3) is 11.8 Å². The monoisotopic (exact) mass is 413 g/mol. The molecular weight excluding hydrogens is 390 g/mol. The summed E-state index contributed by atoms with van der Waals surface area (Å²) in [5, 5.41) is 6.55. The van der Waals surface area contributed by atoms with Gasteiger partial charge in [0, 0.05) is 22.7 Å². The van der Waals surface area contributed by atoms with Gasteiger partial charge in [-0.3, -0.25) is 9.59 Å². The number of furan rings is 1. The second kappa shape index (κ2) is 8.44. The van der Waals surface area contributed by atoms with Crippen molar-refractivity contribution < 1.29 is 14.0 Å². The van der Waals surface area contributed by atoms with E-state index < -0.39 is 0 Å². The normalized spacial score (nSPS) is 11.0. The lowest BCUT2D eigenvalue weighted by Gasteiger charge is -2.13. The number of nitrogens with zero attached hydrogens (tertiary/aromatic N) is 1. The second-order valence-electron chi connectivity index (χ2n) is 7.66. The third-order valence-electron chi connectivity index (χ3n) is 4.89. The number of rotatable bonds is 5. The minimum atomic E-state index is -0.287. The summed E-state index contributed by atoms with van der Waals surface area (Å²) in [5.41, 5.74) is 3.67. The molecule has 6 heteroatoms.